The lowest BCUT2D eigenvalue weighted by molar-refractivity contribution is 0.0732. The fraction of sp³-hybridized carbons (Fsp3) is 0.0667. The van der Waals surface area contributed by atoms with Crippen LogP contribution in [0.4, 0.5) is 5.69 Å². The lowest BCUT2D eigenvalue weighted by Crippen LogP contribution is -2.18. The molecule has 1 aliphatic rings. The number of carbonyl (C=O) groups excluding carboxylic acids is 3. The molecule has 4 aromatic carbocycles. The Balaban J connectivity index is 1.27. The van der Waals surface area contributed by atoms with Gasteiger partial charge in [0.1, 0.15) is 5.75 Å². The van der Waals surface area contributed by atoms with Gasteiger partial charge in [-0.15, -0.1) is 0 Å². The van der Waals surface area contributed by atoms with E-state index >= 15 is 0 Å². The molecule has 0 saturated carbocycles. The minimum absolute atomic E-state index is 0.0840. The number of rotatable bonds is 8. The van der Waals surface area contributed by atoms with E-state index < -0.39 is 11.9 Å². The minimum atomic E-state index is -0.622. The molecule has 212 valence electrons. The van der Waals surface area contributed by atoms with Crippen molar-refractivity contribution >= 4 is 61.5 Å². The summed E-state index contributed by atoms with van der Waals surface area (Å²) in [7, 11) is 1.52. The van der Waals surface area contributed by atoms with Crippen molar-refractivity contribution in [3.63, 3.8) is 0 Å². The number of nitrogens with zero attached hydrogens (tertiary/aromatic N) is 1. The molecule has 42 heavy (non-hydrogen) atoms. The summed E-state index contributed by atoms with van der Waals surface area (Å²) in [5.41, 5.74) is 4.22. The molecule has 0 fully saturated rings. The van der Waals surface area contributed by atoms with Gasteiger partial charge in [-0.2, -0.15) is 5.10 Å². The van der Waals surface area contributed by atoms with Crippen molar-refractivity contribution in [2.75, 3.05) is 19.2 Å². The quantitative estimate of drug-likeness (QED) is 0.0977. The van der Waals surface area contributed by atoms with E-state index in [-0.39, 0.29) is 29.6 Å². The highest BCUT2D eigenvalue weighted by Gasteiger charge is 2.20. The number of esters is 1. The van der Waals surface area contributed by atoms with Crippen molar-refractivity contribution in [2.45, 2.75) is 0 Å². The van der Waals surface area contributed by atoms with Gasteiger partial charge < -0.3 is 24.3 Å². The Labute approximate surface area is 256 Å². The number of hydrogen-bond donors (Lipinski definition) is 2. The molecule has 5 rings (SSSR count). The lowest BCUT2D eigenvalue weighted by atomic mass is 10.1. The van der Waals surface area contributed by atoms with Crippen LogP contribution >= 0.6 is 31.9 Å². The third kappa shape index (κ3) is 6.78. The number of fused-ring (bicyclic) bond motifs is 1. The summed E-state index contributed by atoms with van der Waals surface area (Å²) in [6.07, 6.45) is 1.35. The molecule has 1 heterocycles. The number of hydrazone groups is 1. The molecule has 0 atom stereocenters. The van der Waals surface area contributed by atoms with Crippen molar-refractivity contribution < 1.29 is 33.3 Å². The maximum atomic E-state index is 12.9. The number of anilines is 1. The van der Waals surface area contributed by atoms with Gasteiger partial charge in [0.25, 0.3) is 11.8 Å². The predicted octanol–water partition coefficient (Wildman–Crippen LogP) is 6.18. The zero-order valence-corrected chi connectivity index (χ0v) is 25.0. The lowest BCUT2D eigenvalue weighted by Gasteiger charge is -2.11. The smallest absolute Gasteiger partial charge is 0.343 e. The van der Waals surface area contributed by atoms with Gasteiger partial charge in [-0.25, -0.2) is 10.2 Å². The Morgan fingerprint density at radius 3 is 2.43 bits per heavy atom. The van der Waals surface area contributed by atoms with Gasteiger partial charge in [-0.3, -0.25) is 9.59 Å². The molecule has 0 saturated heterocycles. The molecular formula is C30H21Br2N3O7. The molecule has 0 unspecified atom stereocenters. The number of hydrogen-bond acceptors (Lipinski definition) is 8. The van der Waals surface area contributed by atoms with Crippen LogP contribution in [0.5, 0.6) is 23.0 Å². The second-order valence-corrected chi connectivity index (χ2v) is 10.5. The van der Waals surface area contributed by atoms with E-state index in [1.54, 1.807) is 72.8 Å². The van der Waals surface area contributed by atoms with E-state index in [9.17, 15) is 14.4 Å². The zero-order valence-electron chi connectivity index (χ0n) is 21.9. The van der Waals surface area contributed by atoms with Gasteiger partial charge in [0.05, 0.1) is 23.4 Å². The Hall–Kier alpha value is -4.68. The van der Waals surface area contributed by atoms with Gasteiger partial charge in [-0.1, -0.05) is 28.1 Å². The van der Waals surface area contributed by atoms with Crippen LogP contribution in [0.15, 0.2) is 92.9 Å². The van der Waals surface area contributed by atoms with Crippen LogP contribution in [0.3, 0.4) is 0 Å². The first-order valence-electron chi connectivity index (χ1n) is 12.3. The number of carbonyl (C=O) groups is 3. The van der Waals surface area contributed by atoms with E-state index in [4.69, 9.17) is 18.9 Å². The van der Waals surface area contributed by atoms with Crippen LogP contribution in [0.1, 0.15) is 36.6 Å². The second-order valence-electron chi connectivity index (χ2n) is 8.73. The van der Waals surface area contributed by atoms with E-state index in [1.807, 2.05) is 0 Å². The van der Waals surface area contributed by atoms with Crippen LogP contribution in [0, 0.1) is 0 Å². The molecule has 4 aromatic rings. The Morgan fingerprint density at radius 1 is 0.857 bits per heavy atom. The van der Waals surface area contributed by atoms with Crippen LogP contribution in [-0.4, -0.2) is 37.9 Å². The third-order valence-corrected chi connectivity index (χ3v) is 6.97. The molecule has 10 nitrogen and oxygen atoms in total. The molecule has 2 amide bonds. The Kier molecular flexibility index (Phi) is 8.84. The van der Waals surface area contributed by atoms with E-state index in [0.29, 0.717) is 43.0 Å². The second kappa shape index (κ2) is 12.9. The first-order valence-corrected chi connectivity index (χ1v) is 13.9. The van der Waals surface area contributed by atoms with Crippen molar-refractivity contribution in [1.29, 1.82) is 0 Å². The maximum absolute atomic E-state index is 12.9. The SMILES string of the molecule is COc1cccc(C(=O)Nc2cccc(C(=O)NN=Cc3cc(Br)cc(Br)c3OC(=O)c3ccc4c(c3)OCO4)c2)c1. The molecule has 0 spiro atoms. The zero-order chi connectivity index (χ0) is 29.6. The maximum Gasteiger partial charge on any atom is 0.343 e. The first kappa shape index (κ1) is 28.8. The molecular weight excluding hydrogens is 674 g/mol. The van der Waals surface area contributed by atoms with E-state index in [0.717, 1.165) is 0 Å². The molecule has 0 aliphatic carbocycles. The first-order chi connectivity index (χ1) is 20.3. The van der Waals surface area contributed by atoms with Crippen LogP contribution in [0.25, 0.3) is 0 Å². The molecule has 12 heteroatoms. The van der Waals surface area contributed by atoms with E-state index in [2.05, 4.69) is 47.7 Å². The van der Waals surface area contributed by atoms with Crippen LogP contribution in [-0.2, 0) is 0 Å². The minimum Gasteiger partial charge on any atom is -0.497 e. The summed E-state index contributed by atoms with van der Waals surface area (Å²) in [6.45, 7) is 0.0840. The fourth-order valence-electron chi connectivity index (χ4n) is 3.89. The van der Waals surface area contributed by atoms with Gasteiger partial charge >= 0.3 is 5.97 Å². The molecule has 2 N–H and O–H groups in total. The normalized spacial score (nSPS) is 11.7. The fourth-order valence-corrected chi connectivity index (χ4v) is 5.23. The van der Waals surface area contributed by atoms with Gasteiger partial charge in [0, 0.05) is 26.9 Å². The average molecular weight is 695 g/mol. The summed E-state index contributed by atoms with van der Waals surface area (Å²) in [4.78, 5) is 38.4. The Morgan fingerprint density at radius 2 is 1.62 bits per heavy atom. The number of benzene rings is 4. The number of halogens is 2. The van der Waals surface area contributed by atoms with Crippen LogP contribution < -0.4 is 29.7 Å². The van der Waals surface area contributed by atoms with Gasteiger partial charge in [-0.05, 0) is 82.7 Å². The average Bonchev–Trinajstić information content (AvgIpc) is 3.47. The van der Waals surface area contributed by atoms with Crippen molar-refractivity contribution in [3.05, 3.63) is 110 Å². The van der Waals surface area contributed by atoms with Gasteiger partial charge in [0.15, 0.2) is 17.2 Å². The highest BCUT2D eigenvalue weighted by atomic mass is 79.9. The third-order valence-electron chi connectivity index (χ3n) is 5.92. The summed E-state index contributed by atoms with van der Waals surface area (Å²) < 4.78 is 22.6. The number of amides is 2. The van der Waals surface area contributed by atoms with Crippen molar-refractivity contribution in [3.8, 4) is 23.0 Å². The molecule has 0 radical (unpaired) electrons. The van der Waals surface area contributed by atoms with Crippen LogP contribution in [0.2, 0.25) is 0 Å². The highest BCUT2D eigenvalue weighted by molar-refractivity contribution is 9.11. The molecule has 1 aliphatic heterocycles. The van der Waals surface area contributed by atoms with Crippen molar-refractivity contribution in [2.24, 2.45) is 5.10 Å². The summed E-state index contributed by atoms with van der Waals surface area (Å²) >= 11 is 6.83. The largest absolute Gasteiger partial charge is 0.497 e. The predicted molar refractivity (Wildman–Crippen MR) is 162 cm³/mol. The number of nitrogens with one attached hydrogen (secondary N) is 2. The van der Waals surface area contributed by atoms with Gasteiger partial charge in [0.2, 0.25) is 6.79 Å². The molecule has 0 bridgehead atoms. The number of methoxy groups -OCH3 is 1. The standard InChI is InChI=1S/C30H21Br2N3O7/c1-39-23-7-3-5-18(12-23)28(36)34-22-6-2-4-17(11-22)29(37)35-33-15-20-10-21(31)14-24(32)27(20)42-30(38)19-8-9-25-26(13-19)41-16-40-25/h2-15H,16H2,1H3,(H,34,36)(H,35,37). The summed E-state index contributed by atoms with van der Waals surface area (Å²) in [5.74, 6) is 0.252. The summed E-state index contributed by atoms with van der Waals surface area (Å²) in [6, 6.07) is 21.3. The summed E-state index contributed by atoms with van der Waals surface area (Å²) in [5, 5.41) is 6.82. The topological polar surface area (TPSA) is 125 Å². The van der Waals surface area contributed by atoms with Crippen molar-refractivity contribution in [1.82, 2.24) is 5.43 Å². The monoisotopic (exact) mass is 693 g/mol. The highest BCUT2D eigenvalue weighted by Crippen LogP contribution is 2.35. The number of ether oxygens (including phenoxy) is 4. The van der Waals surface area contributed by atoms with E-state index in [1.165, 1.54) is 19.4 Å². The molecule has 0 aromatic heterocycles. The Bertz CT molecular complexity index is 1730.